The molecule has 1 atom stereocenters. The van der Waals surface area contributed by atoms with Gasteiger partial charge in [-0.1, -0.05) is 25.4 Å². The van der Waals surface area contributed by atoms with E-state index in [1.165, 1.54) is 0 Å². The normalized spacial score (nSPS) is 19.3. The van der Waals surface area contributed by atoms with Gasteiger partial charge in [0.1, 0.15) is 5.75 Å². The monoisotopic (exact) mass is 464 g/mol. The highest BCUT2D eigenvalue weighted by atomic mass is 35.5. The highest BCUT2D eigenvalue weighted by molar-refractivity contribution is 6.30. The van der Waals surface area contributed by atoms with Gasteiger partial charge in [-0.05, 0) is 44.0 Å². The highest BCUT2D eigenvalue weighted by Crippen LogP contribution is 2.18. The Hall–Kier alpha value is -1.83. The molecule has 0 bridgehead atoms. The van der Waals surface area contributed by atoms with Gasteiger partial charge in [0.25, 0.3) is 5.91 Å². The summed E-state index contributed by atoms with van der Waals surface area (Å²) in [6.45, 7) is 12.9. The van der Waals surface area contributed by atoms with Crippen LogP contribution in [0.1, 0.15) is 33.6 Å². The first kappa shape index (κ1) is 24.8. The SMILES string of the molecule is CCC(CC)N1CCN(C(=O)CN2CCN(C(=O)C(C)Oc3ccc(Cl)cc3)CC2)CC1. The van der Waals surface area contributed by atoms with Crippen LogP contribution in [0.15, 0.2) is 24.3 Å². The number of piperazine rings is 2. The molecule has 2 aliphatic heterocycles. The number of halogens is 1. The molecular weight excluding hydrogens is 428 g/mol. The molecule has 2 saturated heterocycles. The van der Waals surface area contributed by atoms with Crippen molar-refractivity contribution < 1.29 is 14.3 Å². The summed E-state index contributed by atoms with van der Waals surface area (Å²) in [7, 11) is 0. The van der Waals surface area contributed by atoms with Crippen molar-refractivity contribution in [2.24, 2.45) is 0 Å². The number of carbonyl (C=O) groups is 2. The maximum atomic E-state index is 12.8. The smallest absolute Gasteiger partial charge is 0.263 e. The fourth-order valence-corrected chi connectivity index (χ4v) is 4.71. The second kappa shape index (κ2) is 11.9. The Morgan fingerprint density at radius 3 is 2.03 bits per heavy atom. The molecule has 0 N–H and O–H groups in total. The molecule has 0 aliphatic carbocycles. The molecule has 0 radical (unpaired) electrons. The van der Waals surface area contributed by atoms with Crippen molar-refractivity contribution in [1.82, 2.24) is 19.6 Å². The quantitative estimate of drug-likeness (QED) is 0.592. The van der Waals surface area contributed by atoms with Crippen molar-refractivity contribution in [2.75, 3.05) is 58.9 Å². The van der Waals surface area contributed by atoms with Crippen LogP contribution in [0, 0.1) is 0 Å². The van der Waals surface area contributed by atoms with Crippen LogP contribution < -0.4 is 4.74 Å². The minimum Gasteiger partial charge on any atom is -0.481 e. The van der Waals surface area contributed by atoms with E-state index in [0.29, 0.717) is 49.5 Å². The third kappa shape index (κ3) is 6.59. The van der Waals surface area contributed by atoms with Crippen molar-refractivity contribution in [3.63, 3.8) is 0 Å². The van der Waals surface area contributed by atoms with Crippen LogP contribution in [-0.4, -0.2) is 102 Å². The van der Waals surface area contributed by atoms with Gasteiger partial charge in [0, 0.05) is 63.4 Å². The van der Waals surface area contributed by atoms with E-state index < -0.39 is 6.10 Å². The van der Waals surface area contributed by atoms with Crippen molar-refractivity contribution in [3.8, 4) is 5.75 Å². The molecule has 2 amide bonds. The van der Waals surface area contributed by atoms with Gasteiger partial charge in [-0.2, -0.15) is 0 Å². The predicted octanol–water partition coefficient (Wildman–Crippen LogP) is 2.58. The van der Waals surface area contributed by atoms with Crippen LogP contribution in [0.4, 0.5) is 0 Å². The third-order valence-corrected chi connectivity index (χ3v) is 6.89. The van der Waals surface area contributed by atoms with Crippen molar-refractivity contribution >= 4 is 23.4 Å². The Labute approximate surface area is 197 Å². The first-order valence-corrected chi connectivity index (χ1v) is 12.2. The van der Waals surface area contributed by atoms with E-state index in [4.69, 9.17) is 16.3 Å². The number of carbonyl (C=O) groups excluding carboxylic acids is 2. The maximum Gasteiger partial charge on any atom is 0.263 e. The lowest BCUT2D eigenvalue weighted by Gasteiger charge is -2.40. The van der Waals surface area contributed by atoms with Gasteiger partial charge >= 0.3 is 0 Å². The predicted molar refractivity (Wildman–Crippen MR) is 127 cm³/mol. The zero-order chi connectivity index (χ0) is 23.1. The average molecular weight is 465 g/mol. The average Bonchev–Trinajstić information content (AvgIpc) is 2.82. The zero-order valence-corrected chi connectivity index (χ0v) is 20.4. The van der Waals surface area contributed by atoms with Crippen molar-refractivity contribution in [2.45, 2.75) is 45.8 Å². The Kier molecular flexibility index (Phi) is 9.20. The van der Waals surface area contributed by atoms with Crippen LogP contribution in [-0.2, 0) is 9.59 Å². The van der Waals surface area contributed by atoms with Crippen molar-refractivity contribution in [1.29, 1.82) is 0 Å². The van der Waals surface area contributed by atoms with E-state index in [1.807, 2.05) is 9.80 Å². The largest absolute Gasteiger partial charge is 0.481 e. The van der Waals surface area contributed by atoms with Crippen molar-refractivity contribution in [3.05, 3.63) is 29.3 Å². The fourth-order valence-electron chi connectivity index (χ4n) is 4.58. The van der Waals surface area contributed by atoms with Gasteiger partial charge in [-0.15, -0.1) is 0 Å². The van der Waals surface area contributed by atoms with Gasteiger partial charge in [-0.3, -0.25) is 19.4 Å². The molecular formula is C24H37ClN4O3. The molecule has 1 unspecified atom stereocenters. The molecule has 3 rings (SSSR count). The summed E-state index contributed by atoms with van der Waals surface area (Å²) in [5, 5.41) is 0.634. The third-order valence-electron chi connectivity index (χ3n) is 6.64. The Balaban J connectivity index is 1.39. The number of hydrogen-bond acceptors (Lipinski definition) is 5. The maximum absolute atomic E-state index is 12.8. The van der Waals surface area contributed by atoms with Crippen LogP contribution in [0.2, 0.25) is 5.02 Å². The summed E-state index contributed by atoms with van der Waals surface area (Å²) >= 11 is 5.90. The first-order chi connectivity index (χ1) is 15.4. The van der Waals surface area contributed by atoms with E-state index in [-0.39, 0.29) is 11.8 Å². The molecule has 2 aliphatic rings. The van der Waals surface area contributed by atoms with Crippen LogP contribution >= 0.6 is 11.6 Å². The van der Waals surface area contributed by atoms with Gasteiger partial charge in [0.05, 0.1) is 6.54 Å². The molecule has 32 heavy (non-hydrogen) atoms. The van der Waals surface area contributed by atoms with E-state index >= 15 is 0 Å². The Bertz CT molecular complexity index is 740. The minimum atomic E-state index is -0.560. The first-order valence-electron chi connectivity index (χ1n) is 11.9. The van der Waals surface area contributed by atoms with Crippen LogP contribution in [0.5, 0.6) is 5.75 Å². The molecule has 7 nitrogen and oxygen atoms in total. The molecule has 2 fully saturated rings. The zero-order valence-electron chi connectivity index (χ0n) is 19.6. The highest BCUT2D eigenvalue weighted by Gasteiger charge is 2.29. The lowest BCUT2D eigenvalue weighted by atomic mass is 10.1. The standard InChI is InChI=1S/C24H37ClN4O3/c1-4-21(5-2)27-14-16-28(17-15-27)23(30)18-26-10-12-29(13-11-26)24(31)19(3)32-22-8-6-20(25)7-9-22/h6-9,19,21H,4-5,10-18H2,1-3H3. The molecule has 1 aromatic carbocycles. The number of benzene rings is 1. The molecule has 0 spiro atoms. The lowest BCUT2D eigenvalue weighted by Crippen LogP contribution is -2.56. The lowest BCUT2D eigenvalue weighted by molar-refractivity contribution is -0.140. The number of amides is 2. The van der Waals surface area contributed by atoms with E-state index in [1.54, 1.807) is 31.2 Å². The fraction of sp³-hybridized carbons (Fsp3) is 0.667. The number of ether oxygens (including phenoxy) is 1. The summed E-state index contributed by atoms with van der Waals surface area (Å²) < 4.78 is 5.77. The van der Waals surface area contributed by atoms with Crippen LogP contribution in [0.25, 0.3) is 0 Å². The van der Waals surface area contributed by atoms with E-state index in [2.05, 4.69) is 23.6 Å². The Morgan fingerprint density at radius 2 is 1.47 bits per heavy atom. The molecule has 0 aromatic heterocycles. The number of rotatable bonds is 8. The van der Waals surface area contributed by atoms with E-state index in [9.17, 15) is 9.59 Å². The molecule has 178 valence electrons. The Morgan fingerprint density at radius 1 is 0.906 bits per heavy atom. The topological polar surface area (TPSA) is 56.3 Å². The summed E-state index contributed by atoms with van der Waals surface area (Å²) in [6.07, 6.45) is 1.77. The minimum absolute atomic E-state index is 0.0246. The summed E-state index contributed by atoms with van der Waals surface area (Å²) in [5.74, 6) is 0.806. The molecule has 1 aromatic rings. The molecule has 2 heterocycles. The van der Waals surface area contributed by atoms with Gasteiger partial charge in [-0.25, -0.2) is 0 Å². The van der Waals surface area contributed by atoms with E-state index in [0.717, 1.165) is 39.0 Å². The van der Waals surface area contributed by atoms with Gasteiger partial charge in [0.15, 0.2) is 6.10 Å². The summed E-state index contributed by atoms with van der Waals surface area (Å²) in [5.41, 5.74) is 0. The number of nitrogens with zero attached hydrogens (tertiary/aromatic N) is 4. The van der Waals surface area contributed by atoms with Gasteiger partial charge in [0.2, 0.25) is 5.91 Å². The summed E-state index contributed by atoms with van der Waals surface area (Å²) in [6, 6.07) is 7.65. The second-order valence-corrected chi connectivity index (χ2v) is 9.14. The van der Waals surface area contributed by atoms with Gasteiger partial charge < -0.3 is 14.5 Å². The second-order valence-electron chi connectivity index (χ2n) is 8.70. The van der Waals surface area contributed by atoms with Crippen LogP contribution in [0.3, 0.4) is 0 Å². The number of hydrogen-bond donors (Lipinski definition) is 0. The molecule has 0 saturated carbocycles. The molecule has 8 heteroatoms. The summed E-state index contributed by atoms with van der Waals surface area (Å²) in [4.78, 5) is 34.0.